The highest BCUT2D eigenvalue weighted by Crippen LogP contribution is 2.26. The number of imidazole rings is 1. The number of pyridine rings is 1. The number of piperidine rings is 1. The summed E-state index contributed by atoms with van der Waals surface area (Å²) in [6.45, 7) is 5.13. The molecule has 1 fully saturated rings. The zero-order valence-corrected chi connectivity index (χ0v) is 15.3. The normalized spacial score (nSPS) is 17.6. The summed E-state index contributed by atoms with van der Waals surface area (Å²) >= 11 is 0. The quantitative estimate of drug-likeness (QED) is 0.758. The molecule has 27 heavy (non-hydrogen) atoms. The van der Waals surface area contributed by atoms with Gasteiger partial charge in [-0.05, 0) is 38.3 Å². The number of H-pyrrole nitrogens is 1. The molecule has 1 amide bonds. The number of carbonyl (C=O) groups is 1. The summed E-state index contributed by atoms with van der Waals surface area (Å²) in [5, 5.41) is 6.61. The molecule has 0 radical (unpaired) electrons. The molecule has 9 heteroatoms. The SMILES string of the molecule is CCn1c([C@@H]2CCCN(C(=O)c3nc4c(C)cccn4c3F)C2)n[nH]c1=O. The fourth-order valence-electron chi connectivity index (χ4n) is 3.78. The minimum atomic E-state index is -0.647. The molecule has 0 aliphatic carbocycles. The van der Waals surface area contributed by atoms with Gasteiger partial charge >= 0.3 is 5.69 Å². The Balaban J connectivity index is 1.64. The highest BCUT2D eigenvalue weighted by molar-refractivity contribution is 5.93. The Morgan fingerprint density at radius 1 is 1.44 bits per heavy atom. The number of aromatic amines is 1. The minimum absolute atomic E-state index is 0.0663. The molecule has 4 rings (SSSR count). The molecule has 3 aromatic heterocycles. The van der Waals surface area contributed by atoms with E-state index < -0.39 is 11.9 Å². The zero-order chi connectivity index (χ0) is 19.1. The maximum atomic E-state index is 14.7. The topological polar surface area (TPSA) is 88.3 Å². The Bertz CT molecular complexity index is 1070. The lowest BCUT2D eigenvalue weighted by Gasteiger charge is -2.31. The fraction of sp³-hybridized carbons (Fsp3) is 0.444. The number of amides is 1. The van der Waals surface area contributed by atoms with E-state index in [1.165, 1.54) is 4.40 Å². The monoisotopic (exact) mass is 372 g/mol. The van der Waals surface area contributed by atoms with Crippen LogP contribution >= 0.6 is 0 Å². The third-order valence-electron chi connectivity index (χ3n) is 5.17. The molecule has 0 spiro atoms. The number of fused-ring (bicyclic) bond motifs is 1. The molecule has 1 aliphatic heterocycles. The first-order valence-electron chi connectivity index (χ1n) is 9.08. The molecule has 1 aliphatic rings. The lowest BCUT2D eigenvalue weighted by Crippen LogP contribution is -2.40. The standard InChI is InChI=1S/C18H21FN6O2/c1-3-24-16(21-22-18(24)27)12-7-5-8-23(10-12)17(26)13-14(19)25-9-4-6-11(2)15(25)20-13/h4,6,9,12H,3,5,7-8,10H2,1-2H3,(H,22,27)/t12-/m1/s1. The predicted molar refractivity (Wildman–Crippen MR) is 96.3 cm³/mol. The number of aryl methyl sites for hydroxylation is 1. The molecule has 8 nitrogen and oxygen atoms in total. The molecule has 1 atom stereocenters. The van der Waals surface area contributed by atoms with E-state index in [1.807, 2.05) is 19.9 Å². The molecular weight excluding hydrogens is 351 g/mol. The van der Waals surface area contributed by atoms with Crippen molar-refractivity contribution < 1.29 is 9.18 Å². The van der Waals surface area contributed by atoms with Crippen LogP contribution in [0.2, 0.25) is 0 Å². The number of hydrogen-bond donors (Lipinski definition) is 1. The van der Waals surface area contributed by atoms with Crippen molar-refractivity contribution in [2.24, 2.45) is 0 Å². The maximum absolute atomic E-state index is 14.7. The van der Waals surface area contributed by atoms with Crippen LogP contribution < -0.4 is 5.69 Å². The number of likely N-dealkylation sites (tertiary alicyclic amines) is 1. The number of nitrogens with zero attached hydrogens (tertiary/aromatic N) is 5. The molecule has 142 valence electrons. The third-order valence-corrected chi connectivity index (χ3v) is 5.17. The Morgan fingerprint density at radius 2 is 2.26 bits per heavy atom. The molecule has 0 unspecified atom stereocenters. The Kier molecular flexibility index (Phi) is 4.29. The Hall–Kier alpha value is -2.97. The van der Waals surface area contributed by atoms with Gasteiger partial charge in [0.25, 0.3) is 5.91 Å². The second-order valence-corrected chi connectivity index (χ2v) is 6.86. The molecule has 1 N–H and O–H groups in total. The number of hydrogen-bond acceptors (Lipinski definition) is 4. The number of halogens is 1. The van der Waals surface area contributed by atoms with Gasteiger partial charge in [-0.2, -0.15) is 9.49 Å². The van der Waals surface area contributed by atoms with Crippen LogP contribution in [0.25, 0.3) is 5.65 Å². The second kappa shape index (κ2) is 6.64. The van der Waals surface area contributed by atoms with Crippen LogP contribution in [0.1, 0.15) is 47.6 Å². The Labute approximate surface area is 154 Å². The summed E-state index contributed by atoms with van der Waals surface area (Å²) in [5.41, 5.74) is 0.826. The summed E-state index contributed by atoms with van der Waals surface area (Å²) in [5.74, 6) is -0.498. The van der Waals surface area contributed by atoms with Gasteiger partial charge in [-0.1, -0.05) is 6.07 Å². The zero-order valence-electron chi connectivity index (χ0n) is 15.3. The Morgan fingerprint density at radius 3 is 3.00 bits per heavy atom. The third kappa shape index (κ3) is 2.83. The number of aromatic nitrogens is 5. The largest absolute Gasteiger partial charge is 0.343 e. The van der Waals surface area contributed by atoms with Crippen molar-refractivity contribution in [3.63, 3.8) is 0 Å². The van der Waals surface area contributed by atoms with Gasteiger partial charge in [0, 0.05) is 31.7 Å². The molecule has 1 saturated heterocycles. The average Bonchev–Trinajstić information content (AvgIpc) is 3.22. The van der Waals surface area contributed by atoms with E-state index >= 15 is 0 Å². The van der Waals surface area contributed by atoms with Gasteiger partial charge in [-0.25, -0.2) is 14.9 Å². The van der Waals surface area contributed by atoms with Gasteiger partial charge in [0.05, 0.1) is 0 Å². The molecule has 4 heterocycles. The van der Waals surface area contributed by atoms with Gasteiger partial charge in [-0.15, -0.1) is 0 Å². The van der Waals surface area contributed by atoms with Crippen molar-refractivity contribution >= 4 is 11.6 Å². The van der Waals surface area contributed by atoms with Crippen molar-refractivity contribution in [3.8, 4) is 0 Å². The summed E-state index contributed by atoms with van der Waals surface area (Å²) in [7, 11) is 0. The molecular formula is C18H21FN6O2. The van der Waals surface area contributed by atoms with E-state index in [0.717, 1.165) is 18.4 Å². The van der Waals surface area contributed by atoms with Crippen molar-refractivity contribution in [2.45, 2.75) is 39.2 Å². The van der Waals surface area contributed by atoms with E-state index in [2.05, 4.69) is 15.2 Å². The maximum Gasteiger partial charge on any atom is 0.343 e. The van der Waals surface area contributed by atoms with E-state index in [0.29, 0.717) is 31.1 Å². The van der Waals surface area contributed by atoms with Crippen LogP contribution in [0.3, 0.4) is 0 Å². The van der Waals surface area contributed by atoms with E-state index in [4.69, 9.17) is 0 Å². The smallest absolute Gasteiger partial charge is 0.336 e. The lowest BCUT2D eigenvalue weighted by molar-refractivity contribution is 0.0692. The minimum Gasteiger partial charge on any atom is -0.336 e. The molecule has 0 bridgehead atoms. The summed E-state index contributed by atoms with van der Waals surface area (Å²) in [6.07, 6.45) is 3.14. The van der Waals surface area contributed by atoms with Crippen LogP contribution in [0.15, 0.2) is 23.1 Å². The first-order chi connectivity index (χ1) is 13.0. The highest BCUT2D eigenvalue weighted by atomic mass is 19.1. The highest BCUT2D eigenvalue weighted by Gasteiger charge is 2.31. The first kappa shape index (κ1) is 17.4. The molecule has 3 aromatic rings. The van der Waals surface area contributed by atoms with Gasteiger partial charge in [0.2, 0.25) is 5.95 Å². The fourth-order valence-corrected chi connectivity index (χ4v) is 3.78. The summed E-state index contributed by atoms with van der Waals surface area (Å²) < 4.78 is 17.6. The predicted octanol–water partition coefficient (Wildman–Crippen LogP) is 1.71. The van der Waals surface area contributed by atoms with Gasteiger partial charge in [0.1, 0.15) is 11.5 Å². The van der Waals surface area contributed by atoms with Crippen LogP contribution in [0.4, 0.5) is 4.39 Å². The summed E-state index contributed by atoms with van der Waals surface area (Å²) in [4.78, 5) is 30.6. The van der Waals surface area contributed by atoms with Crippen molar-refractivity contribution in [1.29, 1.82) is 0 Å². The number of nitrogens with one attached hydrogen (secondary N) is 1. The molecule has 0 saturated carbocycles. The molecule has 0 aromatic carbocycles. The first-order valence-corrected chi connectivity index (χ1v) is 9.08. The summed E-state index contributed by atoms with van der Waals surface area (Å²) in [6, 6.07) is 3.55. The number of carbonyl (C=O) groups excluding carboxylic acids is 1. The average molecular weight is 372 g/mol. The second-order valence-electron chi connectivity index (χ2n) is 6.86. The van der Waals surface area contributed by atoms with Crippen LogP contribution in [-0.4, -0.2) is 48.0 Å². The van der Waals surface area contributed by atoms with Crippen LogP contribution in [0, 0.1) is 12.9 Å². The van der Waals surface area contributed by atoms with Gasteiger partial charge < -0.3 is 4.90 Å². The van der Waals surface area contributed by atoms with E-state index in [1.54, 1.807) is 21.7 Å². The number of rotatable bonds is 3. The van der Waals surface area contributed by atoms with Crippen molar-refractivity contribution in [2.75, 3.05) is 13.1 Å². The lowest BCUT2D eigenvalue weighted by atomic mass is 9.97. The van der Waals surface area contributed by atoms with Gasteiger partial charge in [-0.3, -0.25) is 13.8 Å². The van der Waals surface area contributed by atoms with Crippen molar-refractivity contribution in [1.82, 2.24) is 29.0 Å². The van der Waals surface area contributed by atoms with E-state index in [-0.39, 0.29) is 17.3 Å². The van der Waals surface area contributed by atoms with E-state index in [9.17, 15) is 14.0 Å². The van der Waals surface area contributed by atoms with Gasteiger partial charge in [0.15, 0.2) is 5.69 Å². The van der Waals surface area contributed by atoms with Crippen LogP contribution in [0.5, 0.6) is 0 Å². The van der Waals surface area contributed by atoms with Crippen LogP contribution in [-0.2, 0) is 6.54 Å². The van der Waals surface area contributed by atoms with Crippen molar-refractivity contribution in [3.05, 3.63) is 51.8 Å².